The summed E-state index contributed by atoms with van der Waals surface area (Å²) in [7, 11) is 0. The van der Waals surface area contributed by atoms with E-state index in [4.69, 9.17) is 5.11 Å². The lowest BCUT2D eigenvalue weighted by Gasteiger charge is -2.13. The average molecular weight is 330 g/mol. The number of aliphatic hydroxyl groups excluding tert-OH is 3. The number of aliphatic carboxylic acids is 1. The monoisotopic (exact) mass is 330 g/mol. The van der Waals surface area contributed by atoms with Crippen LogP contribution in [0.4, 0.5) is 0 Å². The first-order chi connectivity index (χ1) is 11.0. The van der Waals surface area contributed by atoms with Crippen LogP contribution in [-0.4, -0.2) is 44.7 Å². The molecular weight excluding hydrogens is 296 g/mol. The fraction of sp³-hybridized carbons (Fsp3) is 0.833. The fourth-order valence-electron chi connectivity index (χ4n) is 2.44. The van der Waals surface area contributed by atoms with Crippen LogP contribution < -0.4 is 0 Å². The van der Waals surface area contributed by atoms with E-state index < -0.39 is 24.3 Å². The number of carbonyl (C=O) groups is 1. The molecule has 0 aromatic rings. The molecule has 0 spiro atoms. The molecule has 4 N–H and O–H groups in total. The second-order valence-electron chi connectivity index (χ2n) is 6.25. The van der Waals surface area contributed by atoms with E-state index in [1.165, 1.54) is 12.5 Å². The fourth-order valence-corrected chi connectivity index (χ4v) is 2.44. The van der Waals surface area contributed by atoms with Crippen molar-refractivity contribution < 1.29 is 25.2 Å². The van der Waals surface area contributed by atoms with Gasteiger partial charge in [-0.2, -0.15) is 0 Å². The minimum atomic E-state index is -0.790. The maximum absolute atomic E-state index is 10.4. The van der Waals surface area contributed by atoms with Gasteiger partial charge in [-0.15, -0.1) is 0 Å². The van der Waals surface area contributed by atoms with Gasteiger partial charge in [0.2, 0.25) is 0 Å². The van der Waals surface area contributed by atoms with Gasteiger partial charge in [0.1, 0.15) is 0 Å². The highest BCUT2D eigenvalue weighted by Gasteiger charge is 2.10. The van der Waals surface area contributed by atoms with Crippen LogP contribution in [0.3, 0.4) is 0 Å². The topological polar surface area (TPSA) is 98.0 Å². The Labute approximate surface area is 140 Å². The molecule has 0 aliphatic carbocycles. The molecule has 3 unspecified atom stereocenters. The van der Waals surface area contributed by atoms with Gasteiger partial charge in [0.05, 0.1) is 18.3 Å². The smallest absolute Gasteiger partial charge is 0.303 e. The zero-order valence-electron chi connectivity index (χ0n) is 14.4. The number of aliphatic hydroxyl groups is 3. The molecule has 0 radical (unpaired) electrons. The van der Waals surface area contributed by atoms with Gasteiger partial charge >= 0.3 is 5.97 Å². The second-order valence-corrected chi connectivity index (χ2v) is 6.25. The van der Waals surface area contributed by atoms with Crippen LogP contribution in [-0.2, 0) is 4.79 Å². The van der Waals surface area contributed by atoms with E-state index in [1.54, 1.807) is 6.08 Å². The van der Waals surface area contributed by atoms with Gasteiger partial charge < -0.3 is 20.4 Å². The number of carboxylic acid groups (broad SMARTS) is 1. The SMILES string of the molecule is CCCCCCC(O)CC(O)C=CC(O)CCCCCC(=O)O. The molecule has 5 heteroatoms. The van der Waals surface area contributed by atoms with Gasteiger partial charge in [-0.25, -0.2) is 0 Å². The highest BCUT2D eigenvalue weighted by atomic mass is 16.4. The van der Waals surface area contributed by atoms with Gasteiger partial charge in [-0.1, -0.05) is 57.6 Å². The van der Waals surface area contributed by atoms with Gasteiger partial charge in [-0.3, -0.25) is 4.79 Å². The molecule has 0 aliphatic rings. The van der Waals surface area contributed by atoms with E-state index in [2.05, 4.69) is 6.92 Å². The first-order valence-electron chi connectivity index (χ1n) is 8.90. The van der Waals surface area contributed by atoms with Crippen molar-refractivity contribution in [3.8, 4) is 0 Å². The van der Waals surface area contributed by atoms with Crippen molar-refractivity contribution in [3.63, 3.8) is 0 Å². The summed E-state index contributed by atoms with van der Waals surface area (Å²) in [6.07, 6.45) is 9.54. The molecule has 0 heterocycles. The van der Waals surface area contributed by atoms with Gasteiger partial charge in [0, 0.05) is 12.8 Å². The summed E-state index contributed by atoms with van der Waals surface area (Å²) >= 11 is 0. The lowest BCUT2D eigenvalue weighted by atomic mass is 10.0. The Hall–Kier alpha value is -0.910. The second kappa shape index (κ2) is 14.7. The highest BCUT2D eigenvalue weighted by Crippen LogP contribution is 2.11. The maximum atomic E-state index is 10.4. The molecule has 0 rings (SSSR count). The molecule has 0 bridgehead atoms. The largest absolute Gasteiger partial charge is 0.481 e. The molecule has 136 valence electrons. The molecule has 0 saturated carbocycles. The van der Waals surface area contributed by atoms with Gasteiger partial charge in [-0.05, 0) is 19.3 Å². The third-order valence-corrected chi connectivity index (χ3v) is 3.85. The van der Waals surface area contributed by atoms with Crippen molar-refractivity contribution in [1.29, 1.82) is 0 Å². The van der Waals surface area contributed by atoms with Crippen LogP contribution >= 0.6 is 0 Å². The Kier molecular flexibility index (Phi) is 14.1. The first-order valence-corrected chi connectivity index (χ1v) is 8.90. The number of hydrogen-bond donors (Lipinski definition) is 4. The minimum absolute atomic E-state index is 0.167. The van der Waals surface area contributed by atoms with Crippen LogP contribution in [0.5, 0.6) is 0 Å². The lowest BCUT2D eigenvalue weighted by Crippen LogP contribution is -2.16. The number of rotatable bonds is 15. The third kappa shape index (κ3) is 15.8. The van der Waals surface area contributed by atoms with E-state index in [9.17, 15) is 20.1 Å². The summed E-state index contributed by atoms with van der Waals surface area (Å²) in [5.74, 6) is -0.790. The van der Waals surface area contributed by atoms with E-state index in [0.717, 1.165) is 32.1 Å². The Morgan fingerprint density at radius 1 is 0.870 bits per heavy atom. The molecule has 23 heavy (non-hydrogen) atoms. The summed E-state index contributed by atoms with van der Waals surface area (Å²) in [6.45, 7) is 2.14. The molecule has 0 fully saturated rings. The predicted octanol–water partition coefficient (Wildman–Crippen LogP) is 3.02. The van der Waals surface area contributed by atoms with Crippen molar-refractivity contribution in [1.82, 2.24) is 0 Å². The zero-order chi connectivity index (χ0) is 17.5. The van der Waals surface area contributed by atoms with Gasteiger partial charge in [0.15, 0.2) is 0 Å². The molecule has 0 aromatic heterocycles. The third-order valence-electron chi connectivity index (χ3n) is 3.85. The molecule has 0 aliphatic heterocycles. The normalized spacial score (nSPS) is 15.7. The number of unbranched alkanes of at least 4 members (excludes halogenated alkanes) is 5. The Bertz CT molecular complexity index is 317. The van der Waals surface area contributed by atoms with Crippen LogP contribution in [0.15, 0.2) is 12.2 Å². The van der Waals surface area contributed by atoms with E-state index >= 15 is 0 Å². The quantitative estimate of drug-likeness (QED) is 0.273. The first kappa shape index (κ1) is 22.1. The Balaban J connectivity index is 3.71. The summed E-state index contributed by atoms with van der Waals surface area (Å²) in [6, 6.07) is 0. The standard InChI is InChI=1S/C18H34O5/c1-2-3-4-6-10-16(20)14-17(21)13-12-15(19)9-7-5-8-11-18(22)23/h12-13,15-17,19-21H,2-11,14H2,1H3,(H,22,23). The molecule has 0 aromatic carbocycles. The molecule has 5 nitrogen and oxygen atoms in total. The number of carboxylic acids is 1. The van der Waals surface area contributed by atoms with Crippen LogP contribution in [0, 0.1) is 0 Å². The average Bonchev–Trinajstić information content (AvgIpc) is 2.49. The minimum Gasteiger partial charge on any atom is -0.481 e. The summed E-state index contributed by atoms with van der Waals surface area (Å²) in [4.78, 5) is 10.4. The Morgan fingerprint density at radius 3 is 2.13 bits per heavy atom. The van der Waals surface area contributed by atoms with E-state index in [1.807, 2.05) is 0 Å². The van der Waals surface area contributed by atoms with Crippen molar-refractivity contribution in [3.05, 3.63) is 12.2 Å². The van der Waals surface area contributed by atoms with E-state index in [0.29, 0.717) is 25.7 Å². The molecule has 3 atom stereocenters. The maximum Gasteiger partial charge on any atom is 0.303 e. The van der Waals surface area contributed by atoms with E-state index in [-0.39, 0.29) is 6.42 Å². The van der Waals surface area contributed by atoms with Gasteiger partial charge in [0.25, 0.3) is 0 Å². The Morgan fingerprint density at radius 2 is 1.48 bits per heavy atom. The molecule has 0 saturated heterocycles. The van der Waals surface area contributed by atoms with Crippen LogP contribution in [0.25, 0.3) is 0 Å². The lowest BCUT2D eigenvalue weighted by molar-refractivity contribution is -0.137. The van der Waals surface area contributed by atoms with Crippen molar-refractivity contribution in [2.45, 2.75) is 95.9 Å². The van der Waals surface area contributed by atoms with Crippen LogP contribution in [0.1, 0.15) is 77.6 Å². The van der Waals surface area contributed by atoms with Crippen molar-refractivity contribution in [2.75, 3.05) is 0 Å². The van der Waals surface area contributed by atoms with Crippen LogP contribution in [0.2, 0.25) is 0 Å². The summed E-state index contributed by atoms with van der Waals surface area (Å²) in [5.41, 5.74) is 0. The zero-order valence-corrected chi connectivity index (χ0v) is 14.4. The molecule has 0 amide bonds. The van der Waals surface area contributed by atoms with Crippen molar-refractivity contribution >= 4 is 5.97 Å². The summed E-state index contributed by atoms with van der Waals surface area (Å²) < 4.78 is 0. The predicted molar refractivity (Wildman–Crippen MR) is 91.3 cm³/mol. The highest BCUT2D eigenvalue weighted by molar-refractivity contribution is 5.66. The number of hydrogen-bond acceptors (Lipinski definition) is 4. The molecular formula is C18H34O5. The van der Waals surface area contributed by atoms with Crippen molar-refractivity contribution in [2.24, 2.45) is 0 Å². The summed E-state index contributed by atoms with van der Waals surface area (Å²) in [5, 5.41) is 37.9.